The molecular weight excluding hydrogens is 332 g/mol. The van der Waals surface area contributed by atoms with Gasteiger partial charge in [-0.15, -0.1) is 0 Å². The van der Waals surface area contributed by atoms with E-state index in [1.54, 1.807) is 4.90 Å². The van der Waals surface area contributed by atoms with Gasteiger partial charge in [-0.1, -0.05) is 55.2 Å². The van der Waals surface area contributed by atoms with E-state index in [0.29, 0.717) is 17.8 Å². The van der Waals surface area contributed by atoms with Gasteiger partial charge in [0.05, 0.1) is 32.5 Å². The van der Waals surface area contributed by atoms with Gasteiger partial charge in [-0.2, -0.15) is 0 Å². The van der Waals surface area contributed by atoms with Crippen LogP contribution in [0, 0.1) is 0 Å². The minimum atomic E-state index is -1.51. The van der Waals surface area contributed by atoms with E-state index in [-0.39, 0.29) is 6.03 Å². The van der Waals surface area contributed by atoms with Crippen LogP contribution in [0.3, 0.4) is 0 Å². The van der Waals surface area contributed by atoms with E-state index in [1.807, 2.05) is 30.3 Å². The molecule has 0 spiro atoms. The molecule has 0 saturated heterocycles. The van der Waals surface area contributed by atoms with E-state index in [1.165, 1.54) is 12.3 Å². The third kappa shape index (κ3) is 3.26. The SMILES string of the molecule is COC(=O)C1=C2C=C([Si](C)(C)C)CCN2C(=O)NC1c1ccccc1. The van der Waals surface area contributed by atoms with Gasteiger partial charge in [0.1, 0.15) is 0 Å². The second kappa shape index (κ2) is 6.52. The Labute approximate surface area is 149 Å². The Morgan fingerprint density at radius 2 is 1.92 bits per heavy atom. The summed E-state index contributed by atoms with van der Waals surface area (Å²) in [5, 5.41) is 4.32. The Balaban J connectivity index is 2.20. The van der Waals surface area contributed by atoms with Crippen LogP contribution in [0.25, 0.3) is 0 Å². The molecule has 0 radical (unpaired) electrons. The van der Waals surface area contributed by atoms with E-state index >= 15 is 0 Å². The van der Waals surface area contributed by atoms with Crippen molar-refractivity contribution in [3.63, 3.8) is 0 Å². The molecular formula is C19H24N2O3Si. The number of nitrogens with one attached hydrogen (secondary N) is 1. The molecule has 2 heterocycles. The fourth-order valence-corrected chi connectivity index (χ4v) is 4.77. The molecule has 6 heteroatoms. The number of methoxy groups -OCH3 is 1. The van der Waals surface area contributed by atoms with E-state index in [0.717, 1.165) is 12.0 Å². The normalized spacial score (nSPS) is 20.6. The maximum absolute atomic E-state index is 12.6. The number of nitrogens with zero attached hydrogens (tertiary/aromatic N) is 1. The molecule has 1 unspecified atom stereocenters. The number of ether oxygens (including phenoxy) is 1. The number of rotatable bonds is 3. The summed E-state index contributed by atoms with van der Waals surface area (Å²) in [6, 6.07) is 8.88. The monoisotopic (exact) mass is 356 g/mol. The van der Waals surface area contributed by atoms with Crippen LogP contribution in [0.2, 0.25) is 19.6 Å². The van der Waals surface area contributed by atoms with Gasteiger partial charge in [-0.3, -0.25) is 4.90 Å². The molecule has 0 saturated carbocycles. The zero-order valence-corrected chi connectivity index (χ0v) is 16.1. The molecule has 132 valence electrons. The van der Waals surface area contributed by atoms with Crippen LogP contribution in [0.15, 0.2) is 52.9 Å². The first-order valence-corrected chi connectivity index (χ1v) is 12.0. The quantitative estimate of drug-likeness (QED) is 0.667. The van der Waals surface area contributed by atoms with Crippen molar-refractivity contribution in [3.8, 4) is 0 Å². The first kappa shape index (κ1) is 17.5. The second-order valence-corrected chi connectivity index (χ2v) is 12.5. The van der Waals surface area contributed by atoms with Crippen LogP contribution >= 0.6 is 0 Å². The smallest absolute Gasteiger partial charge is 0.338 e. The summed E-state index contributed by atoms with van der Waals surface area (Å²) >= 11 is 0. The minimum absolute atomic E-state index is 0.164. The number of carbonyl (C=O) groups is 2. The van der Waals surface area contributed by atoms with Crippen molar-refractivity contribution in [2.75, 3.05) is 13.7 Å². The molecule has 0 fully saturated rings. The molecule has 0 aromatic heterocycles. The Bertz CT molecular complexity index is 763. The molecule has 2 aliphatic rings. The lowest BCUT2D eigenvalue weighted by Gasteiger charge is -2.39. The lowest BCUT2D eigenvalue weighted by molar-refractivity contribution is -0.136. The lowest BCUT2D eigenvalue weighted by atomic mass is 9.93. The molecule has 2 amide bonds. The van der Waals surface area contributed by atoms with Crippen LogP contribution in [-0.4, -0.2) is 38.6 Å². The summed E-state index contributed by atoms with van der Waals surface area (Å²) < 4.78 is 5.05. The van der Waals surface area contributed by atoms with Crippen LogP contribution in [0.1, 0.15) is 18.0 Å². The first-order chi connectivity index (χ1) is 11.8. The minimum Gasteiger partial charge on any atom is -0.466 e. The Hall–Kier alpha value is -2.34. The van der Waals surface area contributed by atoms with Crippen molar-refractivity contribution >= 4 is 20.1 Å². The molecule has 2 aliphatic heterocycles. The van der Waals surface area contributed by atoms with E-state index in [4.69, 9.17) is 4.74 Å². The van der Waals surface area contributed by atoms with Gasteiger partial charge in [-0.25, -0.2) is 9.59 Å². The average Bonchev–Trinajstić information content (AvgIpc) is 2.60. The predicted molar refractivity (Wildman–Crippen MR) is 99.5 cm³/mol. The summed E-state index contributed by atoms with van der Waals surface area (Å²) in [4.78, 5) is 26.9. The predicted octanol–water partition coefficient (Wildman–Crippen LogP) is 3.39. The molecule has 0 bridgehead atoms. The number of fused-ring (bicyclic) bond motifs is 1. The van der Waals surface area contributed by atoms with E-state index in [9.17, 15) is 9.59 Å². The third-order valence-electron chi connectivity index (χ3n) is 4.79. The fraction of sp³-hybridized carbons (Fsp3) is 0.368. The van der Waals surface area contributed by atoms with Crippen molar-refractivity contribution in [2.45, 2.75) is 32.1 Å². The molecule has 25 heavy (non-hydrogen) atoms. The number of hydrogen-bond acceptors (Lipinski definition) is 3. The lowest BCUT2D eigenvalue weighted by Crippen LogP contribution is -2.50. The molecule has 1 N–H and O–H groups in total. The largest absolute Gasteiger partial charge is 0.466 e. The Morgan fingerprint density at radius 3 is 2.52 bits per heavy atom. The Morgan fingerprint density at radius 1 is 1.24 bits per heavy atom. The summed E-state index contributed by atoms with van der Waals surface area (Å²) in [5.74, 6) is -0.401. The highest BCUT2D eigenvalue weighted by Crippen LogP contribution is 2.36. The topological polar surface area (TPSA) is 58.6 Å². The number of amides is 2. The van der Waals surface area contributed by atoms with Gasteiger partial charge in [0.15, 0.2) is 0 Å². The summed E-state index contributed by atoms with van der Waals surface area (Å²) in [7, 11) is -0.134. The number of allylic oxidation sites excluding steroid dienone is 1. The number of carbonyl (C=O) groups excluding carboxylic acids is 2. The summed E-state index contributed by atoms with van der Waals surface area (Å²) in [6.07, 6.45) is 2.91. The van der Waals surface area contributed by atoms with Gasteiger partial charge in [0.25, 0.3) is 0 Å². The maximum atomic E-state index is 12.6. The molecule has 1 aromatic carbocycles. The molecule has 1 aromatic rings. The highest BCUT2D eigenvalue weighted by molar-refractivity contribution is 6.83. The van der Waals surface area contributed by atoms with Gasteiger partial charge in [0.2, 0.25) is 0 Å². The van der Waals surface area contributed by atoms with Gasteiger partial charge in [-0.05, 0) is 18.1 Å². The van der Waals surface area contributed by atoms with Crippen LogP contribution in [0.5, 0.6) is 0 Å². The van der Waals surface area contributed by atoms with Gasteiger partial charge < -0.3 is 10.1 Å². The standard InChI is InChI=1S/C19H24N2O3Si/c1-24-18(22)16-15-12-14(25(2,3)4)10-11-21(15)19(23)20-17(16)13-8-6-5-7-9-13/h5-9,12,17H,10-11H2,1-4H3,(H,20,23). The number of benzene rings is 1. The van der Waals surface area contributed by atoms with Crippen LogP contribution in [0.4, 0.5) is 4.79 Å². The fourth-order valence-electron chi connectivity index (χ4n) is 3.34. The molecule has 3 rings (SSSR count). The van der Waals surface area contributed by atoms with E-state index in [2.05, 4.69) is 31.0 Å². The zero-order valence-electron chi connectivity index (χ0n) is 15.1. The van der Waals surface area contributed by atoms with Crippen molar-refractivity contribution in [1.82, 2.24) is 10.2 Å². The van der Waals surface area contributed by atoms with Crippen molar-refractivity contribution in [1.29, 1.82) is 0 Å². The van der Waals surface area contributed by atoms with Crippen molar-refractivity contribution < 1.29 is 14.3 Å². The van der Waals surface area contributed by atoms with Crippen molar-refractivity contribution in [2.24, 2.45) is 0 Å². The summed E-state index contributed by atoms with van der Waals surface area (Å²) in [5.41, 5.74) is 2.06. The molecule has 0 aliphatic carbocycles. The number of esters is 1. The third-order valence-corrected chi connectivity index (χ3v) is 7.11. The van der Waals surface area contributed by atoms with Gasteiger partial charge >= 0.3 is 12.0 Å². The zero-order chi connectivity index (χ0) is 18.2. The molecule has 5 nitrogen and oxygen atoms in total. The van der Waals surface area contributed by atoms with Crippen LogP contribution in [-0.2, 0) is 9.53 Å². The number of urea groups is 1. The highest BCUT2D eigenvalue weighted by atomic mass is 28.3. The Kier molecular flexibility index (Phi) is 4.56. The first-order valence-electron chi connectivity index (χ1n) is 8.49. The van der Waals surface area contributed by atoms with E-state index < -0.39 is 20.1 Å². The maximum Gasteiger partial charge on any atom is 0.338 e. The summed E-state index contributed by atoms with van der Waals surface area (Å²) in [6.45, 7) is 7.44. The number of hydrogen-bond donors (Lipinski definition) is 1. The second-order valence-electron chi connectivity index (χ2n) is 7.40. The van der Waals surface area contributed by atoms with Gasteiger partial charge in [0, 0.05) is 6.54 Å². The molecule has 1 atom stereocenters. The highest BCUT2D eigenvalue weighted by Gasteiger charge is 2.39. The van der Waals surface area contributed by atoms with Crippen LogP contribution < -0.4 is 5.32 Å². The average molecular weight is 356 g/mol. The van der Waals surface area contributed by atoms with Crippen molar-refractivity contribution in [3.05, 3.63) is 58.4 Å².